The Morgan fingerprint density at radius 2 is 1.67 bits per heavy atom. The number of benzene rings is 2. The molecule has 8 heteroatoms. The van der Waals surface area contributed by atoms with Gasteiger partial charge >= 0.3 is 0 Å². The molecule has 27 heavy (non-hydrogen) atoms. The molecule has 1 amide bonds. The zero-order valence-corrected chi connectivity index (χ0v) is 16.6. The number of Topliss-reactive ketones (excluding diaryl/α,β-unsaturated/α-hetero) is 1. The fraction of sp³-hybridized carbons (Fsp3) is 0.263. The van der Waals surface area contributed by atoms with Crippen LogP contribution in [-0.4, -0.2) is 31.0 Å². The van der Waals surface area contributed by atoms with Gasteiger partial charge in [0, 0.05) is 22.4 Å². The molecule has 142 valence electrons. The number of carbonyl (C=O) groups is 2. The predicted molar refractivity (Wildman–Crippen MR) is 103 cm³/mol. The zero-order valence-electron chi connectivity index (χ0n) is 14.3. The van der Waals surface area contributed by atoms with E-state index >= 15 is 0 Å². The van der Waals surface area contributed by atoms with E-state index in [2.05, 4.69) is 0 Å². The summed E-state index contributed by atoms with van der Waals surface area (Å²) in [6.07, 6.45) is 0.710. The Morgan fingerprint density at radius 1 is 1.00 bits per heavy atom. The molecule has 1 aliphatic heterocycles. The van der Waals surface area contributed by atoms with Gasteiger partial charge in [-0.3, -0.25) is 9.59 Å². The van der Waals surface area contributed by atoms with E-state index in [-0.39, 0.29) is 29.9 Å². The van der Waals surface area contributed by atoms with Gasteiger partial charge in [0.25, 0.3) is 10.0 Å². The Hall–Kier alpha value is -1.89. The number of hydrogen-bond donors (Lipinski definition) is 0. The third-order valence-corrected chi connectivity index (χ3v) is 6.89. The lowest BCUT2D eigenvalue weighted by Gasteiger charge is -2.23. The van der Waals surface area contributed by atoms with Crippen LogP contribution < -0.4 is 0 Å². The Morgan fingerprint density at radius 3 is 2.33 bits per heavy atom. The standard InChI is InChI=1S/C19H17Cl2NO4S/c20-15-6-9-17(10-7-15)27(25,26)22-12-16(23)8-5-14(19(22)24)11-13-3-1-2-4-18(13)21/h1-4,6-7,9-10,14H,5,8,11-12H2. The molecule has 0 aromatic heterocycles. The van der Waals surface area contributed by atoms with E-state index in [1.54, 1.807) is 24.3 Å². The smallest absolute Gasteiger partial charge is 0.266 e. The van der Waals surface area contributed by atoms with Crippen LogP contribution in [0.25, 0.3) is 0 Å². The number of hydrogen-bond acceptors (Lipinski definition) is 4. The first-order valence-corrected chi connectivity index (χ1v) is 10.6. The highest BCUT2D eigenvalue weighted by Gasteiger charge is 2.38. The fourth-order valence-corrected chi connectivity index (χ4v) is 4.81. The maximum atomic E-state index is 13.0. The van der Waals surface area contributed by atoms with Gasteiger partial charge in [0.05, 0.1) is 11.4 Å². The van der Waals surface area contributed by atoms with Crippen LogP contribution in [0.5, 0.6) is 0 Å². The predicted octanol–water partition coefficient (Wildman–Crippen LogP) is 3.73. The van der Waals surface area contributed by atoms with E-state index in [1.165, 1.54) is 24.3 Å². The Bertz CT molecular complexity index is 973. The van der Waals surface area contributed by atoms with Crippen molar-refractivity contribution in [1.82, 2.24) is 4.31 Å². The van der Waals surface area contributed by atoms with Gasteiger partial charge in [0.1, 0.15) is 0 Å². The molecule has 1 fully saturated rings. The van der Waals surface area contributed by atoms with E-state index in [0.29, 0.717) is 14.4 Å². The lowest BCUT2D eigenvalue weighted by Crippen LogP contribution is -2.42. The van der Waals surface area contributed by atoms with Crippen molar-refractivity contribution in [3.63, 3.8) is 0 Å². The average molecular weight is 426 g/mol. The molecule has 0 radical (unpaired) electrons. The summed E-state index contributed by atoms with van der Waals surface area (Å²) >= 11 is 12.0. The number of ketones is 1. The lowest BCUT2D eigenvalue weighted by molar-refractivity contribution is -0.131. The number of halogens is 2. The Labute approximate surface area is 167 Å². The lowest BCUT2D eigenvalue weighted by atomic mass is 9.94. The van der Waals surface area contributed by atoms with Crippen molar-refractivity contribution < 1.29 is 18.0 Å². The largest absolute Gasteiger partial charge is 0.298 e. The van der Waals surface area contributed by atoms with Crippen molar-refractivity contribution in [2.45, 2.75) is 24.2 Å². The number of nitrogens with zero attached hydrogens (tertiary/aromatic N) is 1. The summed E-state index contributed by atoms with van der Waals surface area (Å²) in [6, 6.07) is 12.6. The molecule has 0 N–H and O–H groups in total. The topological polar surface area (TPSA) is 71.5 Å². The summed E-state index contributed by atoms with van der Waals surface area (Å²) < 4.78 is 26.6. The number of carbonyl (C=O) groups excluding carboxylic acids is 2. The minimum absolute atomic E-state index is 0.0774. The highest BCUT2D eigenvalue weighted by molar-refractivity contribution is 7.89. The van der Waals surface area contributed by atoms with Crippen molar-refractivity contribution in [3.8, 4) is 0 Å². The second-order valence-corrected chi connectivity index (χ2v) is 9.08. The van der Waals surface area contributed by atoms with Gasteiger partial charge in [-0.1, -0.05) is 41.4 Å². The SMILES string of the molecule is O=C1CCC(Cc2ccccc2Cl)C(=O)N(S(=O)(=O)c2ccc(Cl)cc2)C1. The molecule has 0 spiro atoms. The highest BCUT2D eigenvalue weighted by Crippen LogP contribution is 2.28. The van der Waals surface area contributed by atoms with Crippen LogP contribution >= 0.6 is 23.2 Å². The van der Waals surface area contributed by atoms with E-state index < -0.39 is 28.4 Å². The van der Waals surface area contributed by atoms with Crippen LogP contribution in [-0.2, 0) is 26.0 Å². The van der Waals surface area contributed by atoms with Gasteiger partial charge in [0.2, 0.25) is 5.91 Å². The summed E-state index contributed by atoms with van der Waals surface area (Å²) in [6.45, 7) is -0.456. The van der Waals surface area contributed by atoms with Gasteiger partial charge in [0.15, 0.2) is 5.78 Å². The van der Waals surface area contributed by atoms with Crippen LogP contribution in [0.1, 0.15) is 18.4 Å². The minimum Gasteiger partial charge on any atom is -0.298 e. The van der Waals surface area contributed by atoms with Gasteiger partial charge in [-0.25, -0.2) is 12.7 Å². The van der Waals surface area contributed by atoms with Gasteiger partial charge in [-0.05, 0) is 48.7 Å². The summed E-state index contributed by atoms with van der Waals surface area (Å²) in [7, 11) is -4.15. The summed E-state index contributed by atoms with van der Waals surface area (Å²) in [5.74, 6) is -1.52. The van der Waals surface area contributed by atoms with E-state index in [1.807, 2.05) is 0 Å². The third-order valence-electron chi connectivity index (χ3n) is 4.51. The molecular weight excluding hydrogens is 409 g/mol. The van der Waals surface area contributed by atoms with Crippen LogP contribution in [0.4, 0.5) is 0 Å². The quantitative estimate of drug-likeness (QED) is 0.747. The molecule has 5 nitrogen and oxygen atoms in total. The zero-order chi connectivity index (χ0) is 19.6. The van der Waals surface area contributed by atoms with Crippen LogP contribution in [0.3, 0.4) is 0 Å². The van der Waals surface area contributed by atoms with Crippen molar-refractivity contribution in [2.75, 3.05) is 6.54 Å². The molecule has 1 atom stereocenters. The number of amides is 1. The van der Waals surface area contributed by atoms with E-state index in [4.69, 9.17) is 23.2 Å². The maximum Gasteiger partial charge on any atom is 0.266 e. The first kappa shape index (κ1) is 19.9. The van der Waals surface area contributed by atoms with Gasteiger partial charge < -0.3 is 0 Å². The van der Waals surface area contributed by atoms with Gasteiger partial charge in [-0.15, -0.1) is 0 Å². The molecule has 2 aromatic carbocycles. The minimum atomic E-state index is -4.15. The molecule has 1 heterocycles. The van der Waals surface area contributed by atoms with Crippen LogP contribution in [0.2, 0.25) is 10.0 Å². The van der Waals surface area contributed by atoms with Crippen molar-refractivity contribution >= 4 is 44.9 Å². The second-order valence-electron chi connectivity index (χ2n) is 6.37. The highest BCUT2D eigenvalue weighted by atomic mass is 35.5. The average Bonchev–Trinajstić information content (AvgIpc) is 2.77. The van der Waals surface area contributed by atoms with Crippen molar-refractivity contribution in [3.05, 3.63) is 64.1 Å². The first-order valence-electron chi connectivity index (χ1n) is 8.36. The second kappa shape index (κ2) is 8.00. The normalized spacial score (nSPS) is 18.4. The van der Waals surface area contributed by atoms with Crippen LogP contribution in [0.15, 0.2) is 53.4 Å². The molecule has 1 saturated heterocycles. The third kappa shape index (κ3) is 4.34. The Balaban J connectivity index is 1.94. The van der Waals surface area contributed by atoms with Crippen molar-refractivity contribution in [1.29, 1.82) is 0 Å². The molecule has 0 saturated carbocycles. The Kier molecular flexibility index (Phi) is 5.89. The molecule has 0 aliphatic carbocycles. The maximum absolute atomic E-state index is 13.0. The van der Waals surface area contributed by atoms with Crippen LogP contribution in [0, 0.1) is 5.92 Å². The summed E-state index contributed by atoms with van der Waals surface area (Å²) in [5, 5.41) is 0.886. The fourth-order valence-electron chi connectivity index (χ4n) is 3.04. The molecule has 1 unspecified atom stereocenters. The molecule has 2 aromatic rings. The van der Waals surface area contributed by atoms with Gasteiger partial charge in [-0.2, -0.15) is 0 Å². The molecule has 3 rings (SSSR count). The summed E-state index contributed by atoms with van der Waals surface area (Å²) in [5.41, 5.74) is 0.746. The number of sulfonamides is 1. The summed E-state index contributed by atoms with van der Waals surface area (Å²) in [4.78, 5) is 25.1. The monoisotopic (exact) mass is 425 g/mol. The first-order chi connectivity index (χ1) is 12.8. The molecule has 1 aliphatic rings. The molecular formula is C19H17Cl2NO4S. The van der Waals surface area contributed by atoms with E-state index in [0.717, 1.165) is 5.56 Å². The van der Waals surface area contributed by atoms with Crippen molar-refractivity contribution in [2.24, 2.45) is 5.92 Å². The van der Waals surface area contributed by atoms with E-state index in [9.17, 15) is 18.0 Å². The number of rotatable bonds is 4. The molecule has 0 bridgehead atoms.